The molecular formula is C18H17N5O2. The first-order chi connectivity index (χ1) is 12.3. The van der Waals surface area contributed by atoms with E-state index >= 15 is 0 Å². The summed E-state index contributed by atoms with van der Waals surface area (Å²) >= 11 is 0. The van der Waals surface area contributed by atoms with Gasteiger partial charge in [-0.1, -0.05) is 18.2 Å². The van der Waals surface area contributed by atoms with Crippen molar-refractivity contribution in [1.29, 1.82) is 0 Å². The lowest BCUT2D eigenvalue weighted by Gasteiger charge is -2.26. The van der Waals surface area contributed by atoms with E-state index in [4.69, 9.17) is 4.74 Å². The zero-order valence-corrected chi connectivity index (χ0v) is 13.6. The van der Waals surface area contributed by atoms with Crippen LogP contribution in [0.15, 0.2) is 48.9 Å². The summed E-state index contributed by atoms with van der Waals surface area (Å²) in [6.07, 6.45) is 4.89. The third kappa shape index (κ3) is 3.27. The van der Waals surface area contributed by atoms with Crippen molar-refractivity contribution in [2.24, 2.45) is 0 Å². The molecule has 1 amide bonds. The molecule has 1 saturated heterocycles. The van der Waals surface area contributed by atoms with Crippen molar-refractivity contribution in [3.05, 3.63) is 54.6 Å². The van der Waals surface area contributed by atoms with E-state index in [9.17, 15) is 4.79 Å². The van der Waals surface area contributed by atoms with Crippen LogP contribution < -0.4 is 0 Å². The van der Waals surface area contributed by atoms with Gasteiger partial charge in [0.1, 0.15) is 5.69 Å². The van der Waals surface area contributed by atoms with Crippen LogP contribution in [-0.4, -0.2) is 57.3 Å². The van der Waals surface area contributed by atoms with Gasteiger partial charge >= 0.3 is 0 Å². The molecule has 0 saturated carbocycles. The van der Waals surface area contributed by atoms with Crippen LogP contribution in [0, 0.1) is 0 Å². The molecule has 3 heterocycles. The zero-order valence-electron chi connectivity index (χ0n) is 13.6. The molecule has 2 aromatic heterocycles. The number of nitrogens with one attached hydrogen (secondary N) is 1. The summed E-state index contributed by atoms with van der Waals surface area (Å²) in [4.78, 5) is 23.1. The molecule has 4 rings (SSSR count). The Bertz CT molecular complexity index is 873. The minimum absolute atomic E-state index is 0.109. The number of carbonyl (C=O) groups excluding carboxylic acids is 1. The number of carbonyl (C=O) groups is 1. The molecular weight excluding hydrogens is 318 g/mol. The third-order valence-corrected chi connectivity index (χ3v) is 4.12. The lowest BCUT2D eigenvalue weighted by Crippen LogP contribution is -2.41. The smallest absolute Gasteiger partial charge is 0.274 e. The molecule has 1 N–H and O–H groups in total. The number of benzene rings is 1. The number of amides is 1. The van der Waals surface area contributed by atoms with Crippen molar-refractivity contribution in [3.63, 3.8) is 0 Å². The molecule has 0 unspecified atom stereocenters. The van der Waals surface area contributed by atoms with Gasteiger partial charge in [0.15, 0.2) is 0 Å². The topological polar surface area (TPSA) is 84.0 Å². The fourth-order valence-electron chi connectivity index (χ4n) is 2.80. The second kappa shape index (κ2) is 6.82. The maximum atomic E-state index is 12.6. The van der Waals surface area contributed by atoms with E-state index in [1.807, 2.05) is 30.3 Å². The van der Waals surface area contributed by atoms with E-state index in [0.29, 0.717) is 37.7 Å². The average Bonchev–Trinajstić information content (AvgIpc) is 3.23. The maximum Gasteiger partial charge on any atom is 0.274 e. The third-order valence-electron chi connectivity index (χ3n) is 4.12. The number of ether oxygens (including phenoxy) is 1. The van der Waals surface area contributed by atoms with Crippen molar-refractivity contribution < 1.29 is 9.53 Å². The van der Waals surface area contributed by atoms with Crippen LogP contribution in [0.2, 0.25) is 0 Å². The molecule has 0 bridgehead atoms. The van der Waals surface area contributed by atoms with E-state index in [1.54, 1.807) is 17.3 Å². The normalized spacial score (nSPS) is 14.5. The van der Waals surface area contributed by atoms with E-state index in [1.165, 1.54) is 6.20 Å². The monoisotopic (exact) mass is 335 g/mol. The summed E-state index contributed by atoms with van der Waals surface area (Å²) in [6.45, 7) is 2.29. The molecule has 0 spiro atoms. The Morgan fingerprint density at radius 3 is 2.76 bits per heavy atom. The Labute approximate surface area is 144 Å². The highest BCUT2D eigenvalue weighted by Crippen LogP contribution is 2.23. The van der Waals surface area contributed by atoms with E-state index in [2.05, 4.69) is 20.2 Å². The lowest BCUT2D eigenvalue weighted by atomic mass is 10.1. The van der Waals surface area contributed by atoms with Crippen molar-refractivity contribution >= 4 is 5.91 Å². The molecule has 0 atom stereocenters. The van der Waals surface area contributed by atoms with Gasteiger partial charge in [-0.2, -0.15) is 5.10 Å². The largest absolute Gasteiger partial charge is 0.378 e. The SMILES string of the molecule is O=C(c1cncc(-c2cccc(-c3ccn[nH]3)c2)n1)N1CCOCC1. The van der Waals surface area contributed by atoms with Gasteiger partial charge < -0.3 is 9.64 Å². The Morgan fingerprint density at radius 2 is 1.96 bits per heavy atom. The Balaban J connectivity index is 1.63. The second-order valence-corrected chi connectivity index (χ2v) is 5.75. The van der Waals surface area contributed by atoms with Gasteiger partial charge in [-0.15, -0.1) is 0 Å². The average molecular weight is 335 g/mol. The van der Waals surface area contributed by atoms with Crippen LogP contribution >= 0.6 is 0 Å². The number of nitrogens with zero attached hydrogens (tertiary/aromatic N) is 4. The Morgan fingerprint density at radius 1 is 1.12 bits per heavy atom. The van der Waals surface area contributed by atoms with Gasteiger partial charge in [-0.05, 0) is 12.1 Å². The minimum atomic E-state index is -0.109. The van der Waals surface area contributed by atoms with Crippen molar-refractivity contribution in [2.75, 3.05) is 26.3 Å². The summed E-state index contributed by atoms with van der Waals surface area (Å²) in [7, 11) is 0. The predicted octanol–water partition coefficient (Wildman–Crippen LogP) is 2.01. The van der Waals surface area contributed by atoms with Crippen LogP contribution in [0.25, 0.3) is 22.5 Å². The molecule has 7 nitrogen and oxygen atoms in total. The lowest BCUT2D eigenvalue weighted by molar-refractivity contribution is 0.0299. The Hall–Kier alpha value is -3.06. The number of aromatic nitrogens is 4. The molecule has 0 aliphatic carbocycles. The van der Waals surface area contributed by atoms with Crippen LogP contribution in [0.1, 0.15) is 10.5 Å². The number of hydrogen-bond donors (Lipinski definition) is 1. The number of morpholine rings is 1. The van der Waals surface area contributed by atoms with Crippen molar-refractivity contribution in [2.45, 2.75) is 0 Å². The first-order valence-corrected chi connectivity index (χ1v) is 8.10. The quantitative estimate of drug-likeness (QED) is 0.791. The maximum absolute atomic E-state index is 12.6. The number of H-pyrrole nitrogens is 1. The first kappa shape index (κ1) is 15.5. The van der Waals surface area contributed by atoms with E-state index in [-0.39, 0.29) is 5.91 Å². The molecule has 1 aliphatic rings. The first-order valence-electron chi connectivity index (χ1n) is 8.10. The fraction of sp³-hybridized carbons (Fsp3) is 0.222. The van der Waals surface area contributed by atoms with Crippen molar-refractivity contribution in [3.8, 4) is 22.5 Å². The highest BCUT2D eigenvalue weighted by Gasteiger charge is 2.20. The number of rotatable bonds is 3. The van der Waals surface area contributed by atoms with Crippen LogP contribution in [0.3, 0.4) is 0 Å². The van der Waals surface area contributed by atoms with Gasteiger partial charge in [-0.25, -0.2) is 4.98 Å². The molecule has 1 aliphatic heterocycles. The molecule has 25 heavy (non-hydrogen) atoms. The molecule has 1 aromatic carbocycles. The summed E-state index contributed by atoms with van der Waals surface area (Å²) < 4.78 is 5.29. The van der Waals surface area contributed by atoms with Crippen LogP contribution in [-0.2, 0) is 4.74 Å². The highest BCUT2D eigenvalue weighted by atomic mass is 16.5. The van der Waals surface area contributed by atoms with Gasteiger partial charge in [0.25, 0.3) is 5.91 Å². The van der Waals surface area contributed by atoms with Crippen LogP contribution in [0.5, 0.6) is 0 Å². The van der Waals surface area contributed by atoms with Gasteiger partial charge in [-0.3, -0.25) is 14.9 Å². The van der Waals surface area contributed by atoms with Crippen LogP contribution in [0.4, 0.5) is 0 Å². The molecule has 126 valence electrons. The summed E-state index contributed by atoms with van der Waals surface area (Å²) in [5.74, 6) is -0.109. The standard InChI is InChI=1S/C18H17N5O2/c24-18(23-6-8-25-9-7-23)17-12-19-11-16(21-17)14-3-1-2-13(10-14)15-4-5-20-22-15/h1-5,10-12H,6-9H2,(H,20,22). The number of hydrogen-bond acceptors (Lipinski definition) is 5. The summed E-state index contributed by atoms with van der Waals surface area (Å²) in [6, 6.07) is 9.80. The molecule has 0 radical (unpaired) electrons. The van der Waals surface area contributed by atoms with E-state index < -0.39 is 0 Å². The minimum Gasteiger partial charge on any atom is -0.378 e. The molecule has 7 heteroatoms. The fourth-order valence-corrected chi connectivity index (χ4v) is 2.80. The van der Waals surface area contributed by atoms with Crippen molar-refractivity contribution in [1.82, 2.24) is 25.1 Å². The summed E-state index contributed by atoms with van der Waals surface area (Å²) in [5, 5.41) is 6.92. The molecule has 1 fully saturated rings. The number of aromatic amines is 1. The highest BCUT2D eigenvalue weighted by molar-refractivity contribution is 5.92. The summed E-state index contributed by atoms with van der Waals surface area (Å²) in [5.41, 5.74) is 3.85. The predicted molar refractivity (Wildman–Crippen MR) is 91.8 cm³/mol. The van der Waals surface area contributed by atoms with E-state index in [0.717, 1.165) is 16.8 Å². The second-order valence-electron chi connectivity index (χ2n) is 5.75. The van der Waals surface area contributed by atoms with Gasteiger partial charge in [0.2, 0.25) is 0 Å². The molecule has 3 aromatic rings. The zero-order chi connectivity index (χ0) is 17.1. The van der Waals surface area contributed by atoms with Gasteiger partial charge in [0.05, 0.1) is 37.0 Å². The van der Waals surface area contributed by atoms with Gasteiger partial charge in [0, 0.05) is 30.4 Å². The Kier molecular flexibility index (Phi) is 4.22.